The van der Waals surface area contributed by atoms with Crippen LogP contribution in [0, 0.1) is 6.92 Å². The molecule has 110 valence electrons. The van der Waals surface area contributed by atoms with E-state index in [9.17, 15) is 0 Å². The first kappa shape index (κ1) is 15.1. The Kier molecular flexibility index (Phi) is 5.67. The highest BCUT2D eigenvalue weighted by atomic mass is 32.1. The number of thiazole rings is 1. The van der Waals surface area contributed by atoms with Gasteiger partial charge in [0, 0.05) is 18.3 Å². The smallest absolute Gasteiger partial charge is 0.0897 e. The van der Waals surface area contributed by atoms with Crippen molar-refractivity contribution in [2.75, 3.05) is 6.54 Å². The summed E-state index contributed by atoms with van der Waals surface area (Å²) in [4.78, 5) is 4.57. The van der Waals surface area contributed by atoms with Gasteiger partial charge in [-0.15, -0.1) is 16.4 Å². The van der Waals surface area contributed by atoms with Gasteiger partial charge in [-0.1, -0.05) is 19.1 Å². The van der Waals surface area contributed by atoms with Gasteiger partial charge in [-0.2, -0.15) is 0 Å². The van der Waals surface area contributed by atoms with Gasteiger partial charge in [0.25, 0.3) is 0 Å². The number of rotatable bonds is 8. The van der Waals surface area contributed by atoms with Gasteiger partial charge in [-0.05, 0) is 26.3 Å². The van der Waals surface area contributed by atoms with Crippen LogP contribution in [0.25, 0.3) is 0 Å². The fourth-order valence-corrected chi connectivity index (χ4v) is 2.86. The van der Waals surface area contributed by atoms with E-state index in [1.165, 1.54) is 0 Å². The Morgan fingerprint density at radius 3 is 2.85 bits per heavy atom. The Labute approximate surface area is 124 Å². The molecule has 0 aliphatic carbocycles. The highest BCUT2D eigenvalue weighted by Gasteiger charge is 2.18. The summed E-state index contributed by atoms with van der Waals surface area (Å²) in [6.45, 7) is 8.29. The van der Waals surface area contributed by atoms with Crippen LogP contribution >= 0.6 is 11.3 Å². The van der Waals surface area contributed by atoms with Gasteiger partial charge in [0.05, 0.1) is 28.6 Å². The van der Waals surface area contributed by atoms with Crippen molar-refractivity contribution < 1.29 is 0 Å². The van der Waals surface area contributed by atoms with Crippen molar-refractivity contribution in [1.82, 2.24) is 25.3 Å². The van der Waals surface area contributed by atoms with Crippen molar-refractivity contribution in [2.24, 2.45) is 0 Å². The Bertz CT molecular complexity index is 519. The molecule has 1 atom stereocenters. The molecule has 2 aromatic heterocycles. The van der Waals surface area contributed by atoms with Crippen LogP contribution in [0.3, 0.4) is 0 Å². The molecule has 5 nitrogen and oxygen atoms in total. The predicted octanol–water partition coefficient (Wildman–Crippen LogP) is 2.74. The van der Waals surface area contributed by atoms with E-state index < -0.39 is 0 Å². The molecule has 2 aromatic rings. The summed E-state index contributed by atoms with van der Waals surface area (Å²) in [5, 5.41) is 15.1. The quantitative estimate of drug-likeness (QED) is 0.813. The van der Waals surface area contributed by atoms with E-state index in [0.717, 1.165) is 48.7 Å². The molecule has 0 saturated heterocycles. The topological polar surface area (TPSA) is 55.6 Å². The molecule has 2 heterocycles. The van der Waals surface area contributed by atoms with Gasteiger partial charge >= 0.3 is 0 Å². The van der Waals surface area contributed by atoms with E-state index in [0.29, 0.717) is 0 Å². The van der Waals surface area contributed by atoms with E-state index in [1.807, 2.05) is 17.8 Å². The Hall–Kier alpha value is -1.27. The number of nitrogens with zero attached hydrogens (tertiary/aromatic N) is 4. The molecule has 0 bridgehead atoms. The van der Waals surface area contributed by atoms with Crippen LogP contribution in [-0.2, 0) is 13.0 Å². The number of hydrogen-bond donors (Lipinski definition) is 1. The summed E-state index contributed by atoms with van der Waals surface area (Å²) < 4.78 is 2.01. The maximum Gasteiger partial charge on any atom is 0.0897 e. The average Bonchev–Trinajstić information content (AvgIpc) is 3.04. The number of aryl methyl sites for hydroxylation is 2. The first-order chi connectivity index (χ1) is 9.74. The van der Waals surface area contributed by atoms with Gasteiger partial charge in [0.1, 0.15) is 0 Å². The third kappa shape index (κ3) is 3.86. The summed E-state index contributed by atoms with van der Waals surface area (Å²) in [5.41, 5.74) is 2.30. The Morgan fingerprint density at radius 1 is 1.35 bits per heavy atom. The molecule has 0 aliphatic rings. The molecular weight excluding hydrogens is 270 g/mol. The zero-order chi connectivity index (χ0) is 14.4. The summed E-state index contributed by atoms with van der Waals surface area (Å²) in [7, 11) is 0. The molecule has 20 heavy (non-hydrogen) atoms. The van der Waals surface area contributed by atoms with Crippen LogP contribution in [-0.4, -0.2) is 26.5 Å². The summed E-state index contributed by atoms with van der Waals surface area (Å²) in [6, 6.07) is 0.234. The van der Waals surface area contributed by atoms with Crippen LogP contribution in [0.2, 0.25) is 0 Å². The zero-order valence-electron chi connectivity index (χ0n) is 12.5. The molecule has 2 rings (SSSR count). The van der Waals surface area contributed by atoms with E-state index >= 15 is 0 Å². The van der Waals surface area contributed by atoms with Crippen LogP contribution in [0.1, 0.15) is 49.1 Å². The van der Waals surface area contributed by atoms with Crippen molar-refractivity contribution in [2.45, 2.75) is 52.6 Å². The monoisotopic (exact) mass is 293 g/mol. The van der Waals surface area contributed by atoms with Crippen molar-refractivity contribution in [1.29, 1.82) is 0 Å². The van der Waals surface area contributed by atoms with Crippen molar-refractivity contribution >= 4 is 11.3 Å². The molecule has 0 radical (unpaired) electrons. The van der Waals surface area contributed by atoms with Gasteiger partial charge in [-0.25, -0.2) is 9.67 Å². The third-order valence-electron chi connectivity index (χ3n) is 3.16. The second-order valence-corrected chi connectivity index (χ2v) is 6.01. The average molecular weight is 293 g/mol. The summed E-state index contributed by atoms with van der Waals surface area (Å²) >= 11 is 1.70. The van der Waals surface area contributed by atoms with Gasteiger partial charge in [-0.3, -0.25) is 0 Å². The van der Waals surface area contributed by atoms with Crippen LogP contribution in [0.5, 0.6) is 0 Å². The number of nitrogens with one attached hydrogen (secondary N) is 1. The minimum absolute atomic E-state index is 0.234. The number of aromatic nitrogens is 4. The highest BCUT2D eigenvalue weighted by molar-refractivity contribution is 7.09. The SMILES string of the molecule is CCCNC(Cc1csc(C)n1)c1cnnn1CCC. The van der Waals surface area contributed by atoms with Crippen molar-refractivity contribution in [3.8, 4) is 0 Å². The lowest BCUT2D eigenvalue weighted by Gasteiger charge is -2.18. The van der Waals surface area contributed by atoms with E-state index in [1.54, 1.807) is 11.3 Å². The van der Waals surface area contributed by atoms with E-state index in [2.05, 4.69) is 39.8 Å². The Balaban J connectivity index is 2.15. The van der Waals surface area contributed by atoms with Crippen molar-refractivity contribution in [3.05, 3.63) is 28.0 Å². The van der Waals surface area contributed by atoms with Gasteiger partial charge in [0.2, 0.25) is 0 Å². The maximum absolute atomic E-state index is 4.57. The second kappa shape index (κ2) is 7.50. The largest absolute Gasteiger partial charge is 0.308 e. The minimum atomic E-state index is 0.234. The molecule has 0 spiro atoms. The maximum atomic E-state index is 4.57. The lowest BCUT2D eigenvalue weighted by molar-refractivity contribution is 0.462. The first-order valence-corrected chi connectivity index (χ1v) is 8.15. The number of hydrogen-bond acceptors (Lipinski definition) is 5. The lowest BCUT2D eigenvalue weighted by Crippen LogP contribution is -2.26. The second-order valence-electron chi connectivity index (χ2n) is 4.95. The molecule has 0 aliphatic heterocycles. The van der Waals surface area contributed by atoms with Gasteiger partial charge in [0.15, 0.2) is 0 Å². The molecule has 1 unspecified atom stereocenters. The molecule has 0 aromatic carbocycles. The Morgan fingerprint density at radius 2 is 2.20 bits per heavy atom. The predicted molar refractivity (Wildman–Crippen MR) is 81.9 cm³/mol. The summed E-state index contributed by atoms with van der Waals surface area (Å²) in [5.74, 6) is 0. The standard InChI is InChI=1S/C14H23N5S/c1-4-6-15-13(8-12-10-20-11(3)17-12)14-9-16-18-19(14)7-5-2/h9-10,13,15H,4-8H2,1-3H3. The van der Waals surface area contributed by atoms with Crippen molar-refractivity contribution in [3.63, 3.8) is 0 Å². The lowest BCUT2D eigenvalue weighted by atomic mass is 10.1. The molecule has 1 N–H and O–H groups in total. The van der Waals surface area contributed by atoms with Gasteiger partial charge < -0.3 is 5.32 Å². The molecule has 6 heteroatoms. The summed E-state index contributed by atoms with van der Waals surface area (Å²) in [6.07, 6.45) is 4.94. The van der Waals surface area contributed by atoms with E-state index in [4.69, 9.17) is 0 Å². The molecule has 0 saturated carbocycles. The normalized spacial score (nSPS) is 12.8. The first-order valence-electron chi connectivity index (χ1n) is 7.27. The minimum Gasteiger partial charge on any atom is -0.308 e. The molecule has 0 fully saturated rings. The highest BCUT2D eigenvalue weighted by Crippen LogP contribution is 2.19. The fourth-order valence-electron chi connectivity index (χ4n) is 2.23. The van der Waals surface area contributed by atoms with Crippen LogP contribution in [0.15, 0.2) is 11.6 Å². The van der Waals surface area contributed by atoms with Crippen LogP contribution in [0.4, 0.5) is 0 Å². The fraction of sp³-hybridized carbons (Fsp3) is 0.643. The molecular formula is C14H23N5S. The molecule has 0 amide bonds. The third-order valence-corrected chi connectivity index (χ3v) is 3.98. The van der Waals surface area contributed by atoms with Crippen LogP contribution < -0.4 is 5.32 Å². The van der Waals surface area contributed by atoms with E-state index in [-0.39, 0.29) is 6.04 Å². The zero-order valence-corrected chi connectivity index (χ0v) is 13.3.